The minimum atomic E-state index is -2.83. The Morgan fingerprint density at radius 1 is 0.291 bits per heavy atom. The summed E-state index contributed by atoms with van der Waals surface area (Å²) < 4.78 is 17.6. The van der Waals surface area contributed by atoms with E-state index in [4.69, 9.17) is 8.83 Å². The Hall–Kier alpha value is -9.88. The predicted octanol–water partition coefficient (Wildman–Crippen LogP) is 15.9. The van der Waals surface area contributed by atoms with Crippen LogP contribution >= 0.6 is 0 Å². The summed E-state index contributed by atoms with van der Waals surface area (Å²) in [4.78, 5) is 0. The highest BCUT2D eigenvalue weighted by Gasteiger charge is 2.41. The molecule has 12 aromatic carbocycles. The van der Waals surface area contributed by atoms with Gasteiger partial charge >= 0.3 is 0 Å². The number of benzene rings is 12. The molecule has 0 aliphatic heterocycles. The van der Waals surface area contributed by atoms with E-state index in [0.29, 0.717) is 0 Å². The van der Waals surface area contributed by atoms with E-state index in [1.807, 2.05) is 18.2 Å². The first-order valence-electron chi connectivity index (χ1n) is 26.9. The quantitative estimate of drug-likeness (QED) is 0.123. The first-order chi connectivity index (χ1) is 38.7. The van der Waals surface area contributed by atoms with E-state index in [9.17, 15) is 0 Å². The first kappa shape index (κ1) is 46.4. The van der Waals surface area contributed by atoms with Gasteiger partial charge in [-0.3, -0.25) is 0 Å². The third-order valence-electron chi connectivity index (χ3n) is 16.6. The summed E-state index contributed by atoms with van der Waals surface area (Å²) in [6.45, 7) is 0. The van der Waals surface area contributed by atoms with E-state index in [2.05, 4.69) is 270 Å². The molecule has 0 amide bonds. The third kappa shape index (κ3) is 7.01. The smallest absolute Gasteiger partial charge is 0.179 e. The molecule has 0 bridgehead atoms. The molecule has 3 radical (unpaired) electrons. The maximum Gasteiger partial charge on any atom is 0.179 e. The zero-order chi connectivity index (χ0) is 51.3. The van der Waals surface area contributed by atoms with Crippen LogP contribution in [0.2, 0.25) is 0 Å². The Labute approximate surface area is 459 Å². The van der Waals surface area contributed by atoms with Gasteiger partial charge in [-0.2, -0.15) is 0 Å². The number of fused-ring (bicyclic) bond motifs is 17. The summed E-state index contributed by atoms with van der Waals surface area (Å²) in [5.41, 5.74) is 16.2. The summed E-state index contributed by atoms with van der Waals surface area (Å²) >= 11 is 0. The molecule has 0 atom stereocenters. The van der Waals surface area contributed by atoms with Gasteiger partial charge < -0.3 is 18.0 Å². The molecule has 0 unspecified atom stereocenters. The SMILES string of the molecule is [B].c1ccc([Si](c2ccccc2)(c2ccc(-n3c4ccccc4c4ccccc43)cc2)c2ccc(-n3c4ccccc4c4ccc5c6ccccc6oc5c43)cc2)cc1.c1ccc2c(c1)Cc1c-2ccc2c1oc1ccccc12. The number of aromatic nitrogens is 2. The molecule has 1 aliphatic rings. The van der Waals surface area contributed by atoms with E-state index >= 15 is 0 Å². The highest BCUT2D eigenvalue weighted by molar-refractivity contribution is 7.19. The van der Waals surface area contributed by atoms with Gasteiger partial charge in [-0.15, -0.1) is 0 Å². The maximum absolute atomic E-state index is 6.68. The zero-order valence-electron chi connectivity index (χ0n) is 43.1. The third-order valence-corrected chi connectivity index (χ3v) is 21.4. The number of furan rings is 2. The van der Waals surface area contributed by atoms with Gasteiger partial charge in [0.15, 0.2) is 13.7 Å². The highest BCUT2D eigenvalue weighted by Crippen LogP contribution is 2.44. The number of nitrogens with zero attached hydrogens (tertiary/aromatic N) is 2. The van der Waals surface area contributed by atoms with Crippen molar-refractivity contribution < 1.29 is 8.83 Å². The molecule has 79 heavy (non-hydrogen) atoms. The molecule has 17 rings (SSSR count). The van der Waals surface area contributed by atoms with Crippen LogP contribution in [0.3, 0.4) is 0 Å². The Bertz CT molecular complexity index is 4900. The molecule has 16 aromatic rings. The van der Waals surface area contributed by atoms with Gasteiger partial charge in [-0.05, 0) is 104 Å². The first-order valence-corrected chi connectivity index (χ1v) is 28.9. The highest BCUT2D eigenvalue weighted by atomic mass is 28.3. The molecule has 0 saturated carbocycles. The lowest BCUT2D eigenvalue weighted by Crippen LogP contribution is -2.74. The van der Waals surface area contributed by atoms with Gasteiger partial charge in [0.1, 0.15) is 16.7 Å². The second-order valence-electron chi connectivity index (χ2n) is 20.6. The van der Waals surface area contributed by atoms with Gasteiger partial charge in [-0.25, -0.2) is 0 Å². The van der Waals surface area contributed by atoms with Crippen LogP contribution in [0.4, 0.5) is 0 Å². The summed E-state index contributed by atoms with van der Waals surface area (Å²) in [5.74, 6) is 0. The molecule has 0 saturated heterocycles. The van der Waals surface area contributed by atoms with Crippen molar-refractivity contribution in [2.75, 3.05) is 0 Å². The van der Waals surface area contributed by atoms with Crippen LogP contribution in [0.5, 0.6) is 0 Å². The monoisotopic (exact) mass is 1020 g/mol. The molecular formula is C73H48BN2O2Si. The van der Waals surface area contributed by atoms with Crippen molar-refractivity contribution in [3.8, 4) is 22.5 Å². The summed E-state index contributed by atoms with van der Waals surface area (Å²) in [7, 11) is -2.83. The van der Waals surface area contributed by atoms with Crippen molar-refractivity contribution in [1.82, 2.24) is 9.13 Å². The van der Waals surface area contributed by atoms with Crippen LogP contribution < -0.4 is 20.7 Å². The topological polar surface area (TPSA) is 36.1 Å². The minimum absolute atomic E-state index is 0. The lowest BCUT2D eigenvalue weighted by Gasteiger charge is -2.34. The molecule has 369 valence electrons. The molecule has 4 heterocycles. The lowest BCUT2D eigenvalue weighted by molar-refractivity contribution is 0.665. The Morgan fingerprint density at radius 2 is 0.696 bits per heavy atom. The van der Waals surface area contributed by atoms with Crippen LogP contribution in [0, 0.1) is 0 Å². The Kier molecular flexibility index (Phi) is 10.8. The van der Waals surface area contributed by atoms with E-state index in [1.54, 1.807) is 0 Å². The number of para-hydroxylation sites is 5. The Balaban J connectivity index is 0.000000215. The largest absolute Gasteiger partial charge is 0.456 e. The van der Waals surface area contributed by atoms with Crippen LogP contribution in [-0.2, 0) is 6.42 Å². The van der Waals surface area contributed by atoms with Gasteiger partial charge in [-0.1, -0.05) is 212 Å². The van der Waals surface area contributed by atoms with E-state index in [-0.39, 0.29) is 8.41 Å². The molecule has 4 aromatic heterocycles. The van der Waals surface area contributed by atoms with Crippen molar-refractivity contribution in [2.24, 2.45) is 0 Å². The van der Waals surface area contributed by atoms with Crippen molar-refractivity contribution in [3.05, 3.63) is 290 Å². The van der Waals surface area contributed by atoms with E-state index < -0.39 is 8.07 Å². The fourth-order valence-corrected chi connectivity index (χ4v) is 17.9. The van der Waals surface area contributed by atoms with E-state index in [1.165, 1.54) is 86.4 Å². The molecular weight excluding hydrogens is 976 g/mol. The minimum Gasteiger partial charge on any atom is -0.456 e. The van der Waals surface area contributed by atoms with Crippen LogP contribution in [0.15, 0.2) is 288 Å². The lowest BCUT2D eigenvalue weighted by atomic mass is 10.0. The van der Waals surface area contributed by atoms with Crippen LogP contribution in [-0.4, -0.2) is 25.6 Å². The van der Waals surface area contributed by atoms with Gasteiger partial charge in [0.05, 0.1) is 22.1 Å². The number of rotatable bonds is 6. The van der Waals surface area contributed by atoms with E-state index in [0.717, 1.165) is 61.9 Å². The summed E-state index contributed by atoms with van der Waals surface area (Å²) in [5, 5.41) is 15.0. The van der Waals surface area contributed by atoms with Gasteiger partial charge in [0, 0.05) is 74.9 Å². The van der Waals surface area contributed by atoms with Crippen LogP contribution in [0.1, 0.15) is 11.1 Å². The van der Waals surface area contributed by atoms with Crippen LogP contribution in [0.25, 0.3) is 110 Å². The second-order valence-corrected chi connectivity index (χ2v) is 24.4. The number of hydrogen-bond acceptors (Lipinski definition) is 2. The Morgan fingerprint density at radius 3 is 1.28 bits per heavy atom. The van der Waals surface area contributed by atoms with Crippen molar-refractivity contribution in [1.29, 1.82) is 0 Å². The molecule has 0 N–H and O–H groups in total. The fraction of sp³-hybridized carbons (Fsp3) is 0.0137. The predicted molar refractivity (Wildman–Crippen MR) is 334 cm³/mol. The summed E-state index contributed by atoms with van der Waals surface area (Å²) in [6, 6.07) is 102. The average molecular weight is 1020 g/mol. The van der Waals surface area contributed by atoms with Crippen molar-refractivity contribution in [2.45, 2.75) is 6.42 Å². The molecule has 6 heteroatoms. The van der Waals surface area contributed by atoms with Crippen molar-refractivity contribution in [3.63, 3.8) is 0 Å². The zero-order valence-corrected chi connectivity index (χ0v) is 44.1. The molecule has 0 fully saturated rings. The molecule has 1 aliphatic carbocycles. The molecule has 4 nitrogen and oxygen atoms in total. The normalized spacial score (nSPS) is 12.2. The summed E-state index contributed by atoms with van der Waals surface area (Å²) in [6.07, 6.45) is 0.975. The molecule has 0 spiro atoms. The fourth-order valence-electron chi connectivity index (χ4n) is 13.2. The standard InChI is InChI=1S/C54H36N2OSi.C19H12O.B/c1-3-15-39(16-4-1)58(40-17-5-2-6-18-40,41-31-27-37(28-32-41)55-49-23-11-7-19-43(49)44-20-8-12-24-50(44)55)42-33-29-38(30-34-42)56-51-25-13-9-21-45(51)47-35-36-48-46-22-10-14-26-52(46)57-54(48)53(47)56;1-2-6-13-12(5-1)11-17-14(13)9-10-16-15-7-3-4-8-18(15)20-19(16)17;/h1-36H;1-10H,11H2;. The maximum atomic E-state index is 6.68. The van der Waals surface area contributed by atoms with Crippen molar-refractivity contribution >= 4 is 125 Å². The van der Waals surface area contributed by atoms with Gasteiger partial charge in [0.2, 0.25) is 0 Å². The number of hydrogen-bond donors (Lipinski definition) is 0. The second kappa shape index (κ2) is 18.4. The van der Waals surface area contributed by atoms with Gasteiger partial charge in [0.25, 0.3) is 0 Å². The average Bonchev–Trinajstić information content (AvgIpc) is 4.43.